The summed E-state index contributed by atoms with van der Waals surface area (Å²) in [5, 5.41) is 9.01. The number of carboxylic acids is 1. The SMILES string of the molecule is Cc1ccc(-n2c(C)cnc2C(=O)O)cc1. The lowest BCUT2D eigenvalue weighted by molar-refractivity contribution is 0.0681. The normalized spacial score (nSPS) is 10.4. The summed E-state index contributed by atoms with van der Waals surface area (Å²) < 4.78 is 1.63. The molecule has 1 N–H and O–H groups in total. The molecule has 0 spiro atoms. The van der Waals surface area contributed by atoms with E-state index in [9.17, 15) is 4.79 Å². The molecule has 0 radical (unpaired) electrons. The number of rotatable bonds is 2. The number of aromatic nitrogens is 2. The van der Waals surface area contributed by atoms with Crippen LogP contribution in [0.1, 0.15) is 21.9 Å². The van der Waals surface area contributed by atoms with Crippen LogP contribution in [-0.2, 0) is 0 Å². The van der Waals surface area contributed by atoms with Gasteiger partial charge < -0.3 is 5.11 Å². The Morgan fingerprint density at radius 1 is 1.25 bits per heavy atom. The maximum absolute atomic E-state index is 11.0. The first-order valence-corrected chi connectivity index (χ1v) is 4.94. The zero-order valence-electron chi connectivity index (χ0n) is 9.14. The fraction of sp³-hybridized carbons (Fsp3) is 0.167. The molecule has 2 aromatic rings. The van der Waals surface area contributed by atoms with E-state index in [0.29, 0.717) is 0 Å². The second kappa shape index (κ2) is 3.81. The number of aromatic carboxylic acids is 1. The molecule has 0 aliphatic heterocycles. The predicted molar refractivity (Wildman–Crippen MR) is 60.0 cm³/mol. The molecule has 0 atom stereocenters. The third-order valence-corrected chi connectivity index (χ3v) is 2.42. The Bertz CT molecular complexity index is 526. The summed E-state index contributed by atoms with van der Waals surface area (Å²) in [7, 11) is 0. The predicted octanol–water partition coefficient (Wildman–Crippen LogP) is 2.19. The zero-order chi connectivity index (χ0) is 11.7. The Morgan fingerprint density at radius 2 is 1.88 bits per heavy atom. The maximum atomic E-state index is 11.0. The molecule has 0 amide bonds. The smallest absolute Gasteiger partial charge is 0.372 e. The lowest BCUT2D eigenvalue weighted by Gasteiger charge is -2.07. The van der Waals surface area contributed by atoms with Crippen molar-refractivity contribution in [3.8, 4) is 5.69 Å². The van der Waals surface area contributed by atoms with Gasteiger partial charge in [-0.15, -0.1) is 0 Å². The van der Waals surface area contributed by atoms with Crippen molar-refractivity contribution >= 4 is 5.97 Å². The van der Waals surface area contributed by atoms with E-state index in [-0.39, 0.29) is 5.82 Å². The standard InChI is InChI=1S/C12H12N2O2/c1-8-3-5-10(6-4-8)14-9(2)7-13-11(14)12(15)16/h3-7H,1-2H3,(H,15,16). The van der Waals surface area contributed by atoms with E-state index in [1.165, 1.54) is 0 Å². The first kappa shape index (κ1) is 10.4. The average molecular weight is 216 g/mol. The van der Waals surface area contributed by atoms with Gasteiger partial charge in [0.1, 0.15) is 0 Å². The summed E-state index contributed by atoms with van der Waals surface area (Å²) in [6.07, 6.45) is 1.56. The summed E-state index contributed by atoms with van der Waals surface area (Å²) in [6.45, 7) is 3.82. The minimum atomic E-state index is -1.02. The van der Waals surface area contributed by atoms with Crippen molar-refractivity contribution in [3.05, 3.63) is 47.5 Å². The Morgan fingerprint density at radius 3 is 2.44 bits per heavy atom. The molecule has 0 bridgehead atoms. The molecule has 4 nitrogen and oxygen atoms in total. The number of benzene rings is 1. The third-order valence-electron chi connectivity index (χ3n) is 2.42. The molecule has 1 aromatic heterocycles. The topological polar surface area (TPSA) is 55.1 Å². The van der Waals surface area contributed by atoms with Crippen LogP contribution in [0.2, 0.25) is 0 Å². The van der Waals surface area contributed by atoms with Crippen molar-refractivity contribution in [2.45, 2.75) is 13.8 Å². The van der Waals surface area contributed by atoms with Crippen LogP contribution in [0.4, 0.5) is 0 Å². The first-order chi connectivity index (χ1) is 7.59. The molecule has 0 unspecified atom stereocenters. The highest BCUT2D eigenvalue weighted by Crippen LogP contribution is 2.15. The molecule has 1 heterocycles. The highest BCUT2D eigenvalue weighted by atomic mass is 16.4. The van der Waals surface area contributed by atoms with Crippen molar-refractivity contribution in [1.82, 2.24) is 9.55 Å². The number of aryl methyl sites for hydroxylation is 2. The first-order valence-electron chi connectivity index (χ1n) is 4.94. The lowest BCUT2D eigenvalue weighted by atomic mass is 10.2. The number of carboxylic acid groups (broad SMARTS) is 1. The second-order valence-electron chi connectivity index (χ2n) is 3.70. The highest BCUT2D eigenvalue weighted by molar-refractivity contribution is 5.84. The Kier molecular flexibility index (Phi) is 2.48. The van der Waals surface area contributed by atoms with Crippen molar-refractivity contribution in [1.29, 1.82) is 0 Å². The van der Waals surface area contributed by atoms with E-state index in [1.807, 2.05) is 38.1 Å². The maximum Gasteiger partial charge on any atom is 0.372 e. The van der Waals surface area contributed by atoms with E-state index in [0.717, 1.165) is 16.9 Å². The van der Waals surface area contributed by atoms with Crippen LogP contribution < -0.4 is 0 Å². The van der Waals surface area contributed by atoms with Gasteiger partial charge in [0, 0.05) is 17.6 Å². The van der Waals surface area contributed by atoms with Crippen LogP contribution in [0.15, 0.2) is 30.5 Å². The number of hydrogen-bond donors (Lipinski definition) is 1. The Balaban J connectivity index is 2.58. The third kappa shape index (κ3) is 1.69. The summed E-state index contributed by atoms with van der Waals surface area (Å²) in [6, 6.07) is 7.66. The van der Waals surface area contributed by atoms with Gasteiger partial charge in [0.2, 0.25) is 5.82 Å². The van der Waals surface area contributed by atoms with Crippen LogP contribution in [0.3, 0.4) is 0 Å². The Labute approximate surface area is 93.2 Å². The zero-order valence-corrected chi connectivity index (χ0v) is 9.14. The number of hydrogen-bond acceptors (Lipinski definition) is 2. The van der Waals surface area contributed by atoms with Crippen molar-refractivity contribution < 1.29 is 9.90 Å². The van der Waals surface area contributed by atoms with Gasteiger partial charge in [0.15, 0.2) is 0 Å². The van der Waals surface area contributed by atoms with Gasteiger partial charge in [-0.05, 0) is 26.0 Å². The van der Waals surface area contributed by atoms with E-state index < -0.39 is 5.97 Å². The van der Waals surface area contributed by atoms with E-state index >= 15 is 0 Å². The van der Waals surface area contributed by atoms with Crippen molar-refractivity contribution in [2.24, 2.45) is 0 Å². The lowest BCUT2D eigenvalue weighted by Crippen LogP contribution is -2.09. The highest BCUT2D eigenvalue weighted by Gasteiger charge is 2.14. The van der Waals surface area contributed by atoms with Crippen molar-refractivity contribution in [3.63, 3.8) is 0 Å². The Hall–Kier alpha value is -2.10. The molecule has 82 valence electrons. The number of carbonyl (C=O) groups is 1. The summed E-state index contributed by atoms with van der Waals surface area (Å²) in [5.74, 6) is -0.977. The summed E-state index contributed by atoms with van der Waals surface area (Å²) >= 11 is 0. The van der Waals surface area contributed by atoms with Crippen LogP contribution in [0, 0.1) is 13.8 Å². The number of imidazole rings is 1. The molecule has 0 fully saturated rings. The minimum absolute atomic E-state index is 0.0429. The van der Waals surface area contributed by atoms with E-state index in [1.54, 1.807) is 10.8 Å². The van der Waals surface area contributed by atoms with Gasteiger partial charge in [-0.1, -0.05) is 17.7 Å². The molecule has 2 rings (SSSR count). The van der Waals surface area contributed by atoms with E-state index in [4.69, 9.17) is 5.11 Å². The molecular formula is C12H12N2O2. The molecule has 0 aliphatic rings. The van der Waals surface area contributed by atoms with Crippen LogP contribution >= 0.6 is 0 Å². The average Bonchev–Trinajstić information content (AvgIpc) is 2.62. The quantitative estimate of drug-likeness (QED) is 0.837. The fourth-order valence-electron chi connectivity index (χ4n) is 1.61. The summed E-state index contributed by atoms with van der Waals surface area (Å²) in [4.78, 5) is 14.9. The summed E-state index contributed by atoms with van der Waals surface area (Å²) in [5.41, 5.74) is 2.76. The van der Waals surface area contributed by atoms with Gasteiger partial charge in [0.25, 0.3) is 0 Å². The fourth-order valence-corrected chi connectivity index (χ4v) is 1.61. The molecule has 16 heavy (non-hydrogen) atoms. The molecule has 4 heteroatoms. The van der Waals surface area contributed by atoms with Gasteiger partial charge in [0.05, 0.1) is 0 Å². The van der Waals surface area contributed by atoms with E-state index in [2.05, 4.69) is 4.98 Å². The largest absolute Gasteiger partial charge is 0.475 e. The van der Waals surface area contributed by atoms with Crippen molar-refractivity contribution in [2.75, 3.05) is 0 Å². The molecule has 1 aromatic carbocycles. The van der Waals surface area contributed by atoms with Gasteiger partial charge >= 0.3 is 5.97 Å². The number of nitrogens with zero attached hydrogens (tertiary/aromatic N) is 2. The van der Waals surface area contributed by atoms with Gasteiger partial charge in [-0.2, -0.15) is 0 Å². The molecule has 0 saturated heterocycles. The molecule has 0 saturated carbocycles. The minimum Gasteiger partial charge on any atom is -0.475 e. The van der Waals surface area contributed by atoms with Crippen LogP contribution in [-0.4, -0.2) is 20.6 Å². The van der Waals surface area contributed by atoms with Crippen LogP contribution in [0.5, 0.6) is 0 Å². The van der Waals surface area contributed by atoms with Gasteiger partial charge in [-0.3, -0.25) is 4.57 Å². The van der Waals surface area contributed by atoms with Crippen LogP contribution in [0.25, 0.3) is 5.69 Å². The van der Waals surface area contributed by atoms with Gasteiger partial charge in [-0.25, -0.2) is 9.78 Å². The molecule has 0 aliphatic carbocycles. The second-order valence-corrected chi connectivity index (χ2v) is 3.70. The molecular weight excluding hydrogens is 204 g/mol. The monoisotopic (exact) mass is 216 g/mol.